The number of hydrogen-bond donors (Lipinski definition) is 2. The molecule has 1 unspecified atom stereocenters. The van der Waals surface area contributed by atoms with Crippen molar-refractivity contribution in [2.24, 2.45) is 0 Å². The molecule has 0 saturated carbocycles. The minimum absolute atomic E-state index is 0.0262. The van der Waals surface area contributed by atoms with Crippen LogP contribution in [0.3, 0.4) is 0 Å². The van der Waals surface area contributed by atoms with E-state index in [2.05, 4.69) is 9.82 Å². The largest absolute Gasteiger partial charge is 0.381 e. The van der Waals surface area contributed by atoms with Crippen molar-refractivity contribution < 1.29 is 13.2 Å². The van der Waals surface area contributed by atoms with Crippen molar-refractivity contribution in [3.8, 4) is 0 Å². The van der Waals surface area contributed by atoms with Crippen LogP contribution in [-0.2, 0) is 21.3 Å². The number of rotatable bonds is 4. The predicted molar refractivity (Wildman–Crippen MR) is 61.9 cm³/mol. The third-order valence-electron chi connectivity index (χ3n) is 2.62. The second-order valence-corrected chi connectivity index (χ2v) is 5.60. The zero-order valence-corrected chi connectivity index (χ0v) is 10.4. The normalized spacial score (nSPS) is 20.9. The highest BCUT2D eigenvalue weighted by molar-refractivity contribution is 7.89. The predicted octanol–water partition coefficient (Wildman–Crippen LogP) is -0.448. The lowest BCUT2D eigenvalue weighted by atomic mass is 10.3. The van der Waals surface area contributed by atoms with Crippen LogP contribution < -0.4 is 10.5 Å². The summed E-state index contributed by atoms with van der Waals surface area (Å²) in [6, 6.07) is -0.177. The Bertz CT molecular complexity index is 490. The summed E-state index contributed by atoms with van der Waals surface area (Å²) in [6.07, 6.45) is 2.12. The second kappa shape index (κ2) is 4.63. The molecular weight excluding hydrogens is 244 g/mol. The van der Waals surface area contributed by atoms with E-state index in [4.69, 9.17) is 10.5 Å². The number of anilines is 1. The van der Waals surface area contributed by atoms with Gasteiger partial charge in [0.15, 0.2) is 5.82 Å². The quantitative estimate of drug-likeness (QED) is 0.764. The van der Waals surface area contributed by atoms with E-state index in [9.17, 15) is 8.42 Å². The number of ether oxygens (including phenoxy) is 1. The van der Waals surface area contributed by atoms with Crippen LogP contribution >= 0.6 is 0 Å². The molecule has 2 heterocycles. The number of nitrogens with zero attached hydrogens (tertiary/aromatic N) is 2. The fourth-order valence-corrected chi connectivity index (χ4v) is 3.03. The van der Waals surface area contributed by atoms with Gasteiger partial charge in [-0.05, 0) is 13.3 Å². The molecule has 96 valence electrons. The molecule has 1 aliphatic heterocycles. The summed E-state index contributed by atoms with van der Waals surface area (Å²) in [5.41, 5.74) is 5.59. The number of nitrogen functional groups attached to an aromatic ring is 1. The Hall–Kier alpha value is -1.12. The van der Waals surface area contributed by atoms with Gasteiger partial charge < -0.3 is 10.5 Å². The lowest BCUT2D eigenvalue weighted by Gasteiger charge is -2.09. The van der Waals surface area contributed by atoms with Crippen molar-refractivity contribution in [1.29, 1.82) is 0 Å². The van der Waals surface area contributed by atoms with Crippen LogP contribution in [0.25, 0.3) is 0 Å². The number of nitrogens with one attached hydrogen (secondary N) is 1. The standard InChI is InChI=1S/C9H16N4O3S/c1-2-13-5-8(9(10)11-13)17(14,15)12-7-3-4-16-6-7/h5,7,12H,2-4,6H2,1H3,(H2,10,11). The van der Waals surface area contributed by atoms with E-state index in [1.54, 1.807) is 0 Å². The molecule has 0 amide bonds. The van der Waals surface area contributed by atoms with E-state index in [0.29, 0.717) is 26.2 Å². The molecule has 3 N–H and O–H groups in total. The van der Waals surface area contributed by atoms with Crippen molar-refractivity contribution >= 4 is 15.8 Å². The summed E-state index contributed by atoms with van der Waals surface area (Å²) in [5.74, 6) is 0.0262. The third kappa shape index (κ3) is 2.59. The monoisotopic (exact) mass is 260 g/mol. The molecule has 1 fully saturated rings. The number of aromatic nitrogens is 2. The van der Waals surface area contributed by atoms with E-state index in [-0.39, 0.29) is 16.8 Å². The van der Waals surface area contributed by atoms with Crippen molar-refractivity contribution in [2.45, 2.75) is 30.8 Å². The molecule has 0 bridgehead atoms. The first-order chi connectivity index (χ1) is 8.03. The summed E-state index contributed by atoms with van der Waals surface area (Å²) >= 11 is 0. The Morgan fingerprint density at radius 3 is 3.00 bits per heavy atom. The van der Waals surface area contributed by atoms with Crippen LogP contribution in [0.2, 0.25) is 0 Å². The van der Waals surface area contributed by atoms with Crippen molar-refractivity contribution in [3.05, 3.63) is 6.20 Å². The first-order valence-electron chi connectivity index (χ1n) is 5.46. The van der Waals surface area contributed by atoms with Gasteiger partial charge in [0.2, 0.25) is 10.0 Å². The average Bonchev–Trinajstić information content (AvgIpc) is 2.86. The maximum Gasteiger partial charge on any atom is 0.246 e. The summed E-state index contributed by atoms with van der Waals surface area (Å²) in [6.45, 7) is 3.42. The highest BCUT2D eigenvalue weighted by Crippen LogP contribution is 2.17. The molecule has 0 aliphatic carbocycles. The lowest BCUT2D eigenvalue weighted by Crippen LogP contribution is -2.35. The topological polar surface area (TPSA) is 99.2 Å². The minimum atomic E-state index is -3.60. The zero-order valence-electron chi connectivity index (χ0n) is 9.59. The van der Waals surface area contributed by atoms with Crippen molar-refractivity contribution in [1.82, 2.24) is 14.5 Å². The van der Waals surface area contributed by atoms with E-state index in [1.165, 1.54) is 10.9 Å². The molecule has 8 heteroatoms. The molecule has 1 aromatic heterocycles. The molecule has 2 rings (SSSR count). The van der Waals surface area contributed by atoms with Crippen LogP contribution in [0.1, 0.15) is 13.3 Å². The third-order valence-corrected chi connectivity index (χ3v) is 4.16. The first kappa shape index (κ1) is 12.3. The van der Waals surface area contributed by atoms with E-state index in [1.807, 2.05) is 6.92 Å². The van der Waals surface area contributed by atoms with E-state index in [0.717, 1.165) is 0 Å². The van der Waals surface area contributed by atoms with E-state index >= 15 is 0 Å². The average molecular weight is 260 g/mol. The first-order valence-corrected chi connectivity index (χ1v) is 6.94. The fourth-order valence-electron chi connectivity index (χ4n) is 1.70. The SMILES string of the molecule is CCn1cc(S(=O)(=O)NC2CCOC2)c(N)n1. The summed E-state index contributed by atoms with van der Waals surface area (Å²) in [4.78, 5) is 0.0336. The Kier molecular flexibility index (Phi) is 3.36. The maximum absolute atomic E-state index is 12.0. The Morgan fingerprint density at radius 2 is 2.47 bits per heavy atom. The number of sulfonamides is 1. The number of aryl methyl sites for hydroxylation is 1. The van der Waals surface area contributed by atoms with Gasteiger partial charge in [0.05, 0.1) is 6.61 Å². The van der Waals surface area contributed by atoms with Gasteiger partial charge in [-0.1, -0.05) is 0 Å². The molecule has 1 aromatic rings. The van der Waals surface area contributed by atoms with Crippen LogP contribution in [0.4, 0.5) is 5.82 Å². The van der Waals surface area contributed by atoms with Crippen molar-refractivity contribution in [3.63, 3.8) is 0 Å². The molecule has 1 saturated heterocycles. The van der Waals surface area contributed by atoms with Crippen LogP contribution in [-0.4, -0.2) is 37.5 Å². The number of nitrogens with two attached hydrogens (primary N) is 1. The molecule has 17 heavy (non-hydrogen) atoms. The van der Waals surface area contributed by atoms with Gasteiger partial charge in [0.25, 0.3) is 0 Å². The number of hydrogen-bond acceptors (Lipinski definition) is 5. The Balaban J connectivity index is 2.21. The maximum atomic E-state index is 12.0. The Labute approximate surface area is 100.0 Å². The molecule has 0 radical (unpaired) electrons. The Morgan fingerprint density at radius 1 is 1.71 bits per heavy atom. The minimum Gasteiger partial charge on any atom is -0.381 e. The summed E-state index contributed by atoms with van der Waals surface area (Å²) < 4.78 is 33.3. The second-order valence-electron chi connectivity index (χ2n) is 3.92. The van der Waals surface area contributed by atoms with Crippen molar-refractivity contribution in [2.75, 3.05) is 18.9 Å². The molecule has 1 aliphatic rings. The van der Waals surface area contributed by atoms with E-state index < -0.39 is 10.0 Å². The van der Waals surface area contributed by atoms with Crippen LogP contribution in [0.15, 0.2) is 11.1 Å². The van der Waals surface area contributed by atoms with Gasteiger partial charge in [0.1, 0.15) is 4.90 Å². The van der Waals surface area contributed by atoms with Gasteiger partial charge in [-0.3, -0.25) is 4.68 Å². The molecule has 0 spiro atoms. The van der Waals surface area contributed by atoms with Gasteiger partial charge in [0, 0.05) is 25.4 Å². The van der Waals surface area contributed by atoms with Crippen LogP contribution in [0, 0.1) is 0 Å². The zero-order chi connectivity index (χ0) is 12.5. The summed E-state index contributed by atoms with van der Waals surface area (Å²) in [5, 5.41) is 3.91. The molecule has 7 nitrogen and oxygen atoms in total. The fraction of sp³-hybridized carbons (Fsp3) is 0.667. The van der Waals surface area contributed by atoms with Gasteiger partial charge in [-0.2, -0.15) is 5.10 Å². The molecule has 0 aromatic carbocycles. The van der Waals surface area contributed by atoms with Gasteiger partial charge in [-0.15, -0.1) is 0 Å². The van der Waals surface area contributed by atoms with Crippen LogP contribution in [0.5, 0.6) is 0 Å². The molecular formula is C9H16N4O3S. The summed E-state index contributed by atoms with van der Waals surface area (Å²) in [7, 11) is -3.60. The highest BCUT2D eigenvalue weighted by Gasteiger charge is 2.26. The smallest absolute Gasteiger partial charge is 0.246 e. The van der Waals surface area contributed by atoms with Gasteiger partial charge in [-0.25, -0.2) is 13.1 Å². The molecule has 1 atom stereocenters. The van der Waals surface area contributed by atoms with Gasteiger partial charge >= 0.3 is 0 Å². The highest BCUT2D eigenvalue weighted by atomic mass is 32.2. The lowest BCUT2D eigenvalue weighted by molar-refractivity contribution is 0.192.